The van der Waals surface area contributed by atoms with Gasteiger partial charge < -0.3 is 9.52 Å². The van der Waals surface area contributed by atoms with E-state index < -0.39 is 6.10 Å². The number of hydrogen-bond donors (Lipinski definition) is 1. The standard InChI is InChI=1S/C16H18N2O2/c1-3-18-15-7-5-4-6-13(15)14(17-18)9-16(19)12-8-11(2)20-10-12/h4-8,10,16,19H,3,9H2,1-2H3. The normalized spacial score (nSPS) is 12.9. The van der Waals surface area contributed by atoms with Gasteiger partial charge in [-0.25, -0.2) is 0 Å². The van der Waals surface area contributed by atoms with E-state index in [0.717, 1.165) is 34.5 Å². The lowest BCUT2D eigenvalue weighted by Gasteiger charge is -2.05. The second-order valence-electron chi connectivity index (χ2n) is 4.99. The summed E-state index contributed by atoms with van der Waals surface area (Å²) in [5.41, 5.74) is 2.84. The molecule has 0 aliphatic carbocycles. The van der Waals surface area contributed by atoms with E-state index in [1.165, 1.54) is 0 Å². The molecule has 0 fully saturated rings. The molecule has 0 bridgehead atoms. The quantitative estimate of drug-likeness (QED) is 0.791. The summed E-state index contributed by atoms with van der Waals surface area (Å²) in [4.78, 5) is 0. The highest BCUT2D eigenvalue weighted by atomic mass is 16.3. The Hall–Kier alpha value is -2.07. The average Bonchev–Trinajstić information content (AvgIpc) is 3.03. The third kappa shape index (κ3) is 2.23. The molecule has 0 spiro atoms. The zero-order valence-corrected chi connectivity index (χ0v) is 11.7. The molecule has 104 valence electrons. The van der Waals surface area contributed by atoms with Crippen molar-refractivity contribution < 1.29 is 9.52 Å². The zero-order valence-electron chi connectivity index (χ0n) is 11.7. The van der Waals surface area contributed by atoms with Crippen LogP contribution in [-0.4, -0.2) is 14.9 Å². The van der Waals surface area contributed by atoms with Crippen molar-refractivity contribution in [2.24, 2.45) is 0 Å². The molecule has 20 heavy (non-hydrogen) atoms. The van der Waals surface area contributed by atoms with Gasteiger partial charge in [-0.2, -0.15) is 5.10 Å². The molecule has 0 saturated heterocycles. The van der Waals surface area contributed by atoms with E-state index in [9.17, 15) is 5.11 Å². The fourth-order valence-electron chi connectivity index (χ4n) is 2.53. The molecule has 1 N–H and O–H groups in total. The van der Waals surface area contributed by atoms with Crippen molar-refractivity contribution in [3.8, 4) is 0 Å². The maximum Gasteiger partial charge on any atom is 0.101 e. The molecule has 3 rings (SSSR count). The number of benzene rings is 1. The van der Waals surface area contributed by atoms with E-state index in [1.54, 1.807) is 6.26 Å². The summed E-state index contributed by atoms with van der Waals surface area (Å²) in [5.74, 6) is 0.808. The van der Waals surface area contributed by atoms with E-state index in [0.29, 0.717) is 6.42 Å². The molecule has 0 aliphatic rings. The first-order valence-corrected chi connectivity index (χ1v) is 6.86. The molecule has 0 aliphatic heterocycles. The van der Waals surface area contributed by atoms with Crippen LogP contribution in [0, 0.1) is 6.92 Å². The topological polar surface area (TPSA) is 51.2 Å². The van der Waals surface area contributed by atoms with Gasteiger partial charge in [0, 0.05) is 23.9 Å². The number of rotatable bonds is 4. The van der Waals surface area contributed by atoms with Crippen LogP contribution in [0.25, 0.3) is 10.9 Å². The van der Waals surface area contributed by atoms with E-state index in [-0.39, 0.29) is 0 Å². The van der Waals surface area contributed by atoms with Crippen LogP contribution in [0.2, 0.25) is 0 Å². The molecule has 0 saturated carbocycles. The SMILES string of the molecule is CCn1nc(CC(O)c2coc(C)c2)c2ccccc21. The molecule has 4 heteroatoms. The molecule has 0 amide bonds. The van der Waals surface area contributed by atoms with Crippen molar-refractivity contribution in [2.75, 3.05) is 0 Å². The van der Waals surface area contributed by atoms with Crippen LogP contribution in [0.5, 0.6) is 0 Å². The number of hydrogen-bond acceptors (Lipinski definition) is 3. The molecule has 2 aromatic heterocycles. The van der Waals surface area contributed by atoms with E-state index >= 15 is 0 Å². The number of fused-ring (bicyclic) bond motifs is 1. The van der Waals surface area contributed by atoms with Gasteiger partial charge in [-0.15, -0.1) is 0 Å². The number of para-hydroxylation sites is 1. The lowest BCUT2D eigenvalue weighted by molar-refractivity contribution is 0.176. The number of aliphatic hydroxyl groups is 1. The highest BCUT2D eigenvalue weighted by molar-refractivity contribution is 5.82. The maximum absolute atomic E-state index is 10.3. The molecule has 3 aromatic rings. The monoisotopic (exact) mass is 270 g/mol. The number of aliphatic hydroxyl groups excluding tert-OH is 1. The Labute approximate surface area is 117 Å². The van der Waals surface area contributed by atoms with Crippen molar-refractivity contribution in [1.82, 2.24) is 9.78 Å². The van der Waals surface area contributed by atoms with Crippen molar-refractivity contribution in [1.29, 1.82) is 0 Å². The van der Waals surface area contributed by atoms with Crippen LogP contribution < -0.4 is 0 Å². The van der Waals surface area contributed by atoms with E-state index in [2.05, 4.69) is 24.2 Å². The minimum Gasteiger partial charge on any atom is -0.469 e. The van der Waals surface area contributed by atoms with Gasteiger partial charge in [0.25, 0.3) is 0 Å². The van der Waals surface area contributed by atoms with Crippen molar-refractivity contribution in [3.05, 3.63) is 53.6 Å². The summed E-state index contributed by atoms with van der Waals surface area (Å²) in [6, 6.07) is 9.99. The van der Waals surface area contributed by atoms with E-state index in [1.807, 2.05) is 29.8 Å². The number of aryl methyl sites for hydroxylation is 2. The summed E-state index contributed by atoms with van der Waals surface area (Å²) < 4.78 is 7.22. The molecule has 4 nitrogen and oxygen atoms in total. The highest BCUT2D eigenvalue weighted by Crippen LogP contribution is 2.25. The van der Waals surface area contributed by atoms with E-state index in [4.69, 9.17) is 4.42 Å². The second kappa shape index (κ2) is 5.13. The largest absolute Gasteiger partial charge is 0.469 e. The van der Waals surface area contributed by atoms with Gasteiger partial charge in [0.15, 0.2) is 0 Å². The Kier molecular flexibility index (Phi) is 3.32. The minimum absolute atomic E-state index is 0.493. The third-order valence-corrected chi connectivity index (χ3v) is 3.56. The van der Waals surface area contributed by atoms with Crippen molar-refractivity contribution in [3.63, 3.8) is 0 Å². The summed E-state index contributed by atoms with van der Waals surface area (Å²) >= 11 is 0. The lowest BCUT2D eigenvalue weighted by atomic mass is 10.1. The first-order valence-electron chi connectivity index (χ1n) is 6.86. The first-order chi connectivity index (χ1) is 9.69. The molecule has 0 radical (unpaired) electrons. The average molecular weight is 270 g/mol. The molecule has 1 unspecified atom stereocenters. The van der Waals surface area contributed by atoms with Gasteiger partial charge in [0.1, 0.15) is 5.76 Å². The van der Waals surface area contributed by atoms with Gasteiger partial charge in [-0.3, -0.25) is 4.68 Å². The molecule has 1 atom stereocenters. The lowest BCUT2D eigenvalue weighted by Crippen LogP contribution is -2.03. The minimum atomic E-state index is -0.587. The van der Waals surface area contributed by atoms with Crippen molar-refractivity contribution in [2.45, 2.75) is 32.9 Å². The van der Waals surface area contributed by atoms with Crippen LogP contribution in [0.4, 0.5) is 0 Å². The molecule has 2 heterocycles. The van der Waals surface area contributed by atoms with Gasteiger partial charge in [-0.05, 0) is 26.0 Å². The number of furan rings is 1. The van der Waals surface area contributed by atoms with Crippen LogP contribution in [0.1, 0.15) is 30.0 Å². The summed E-state index contributed by atoms with van der Waals surface area (Å²) in [5, 5.41) is 16.0. The van der Waals surface area contributed by atoms with Crippen LogP contribution in [0.3, 0.4) is 0 Å². The third-order valence-electron chi connectivity index (χ3n) is 3.56. The number of nitrogens with zero attached hydrogens (tertiary/aromatic N) is 2. The Balaban J connectivity index is 1.94. The van der Waals surface area contributed by atoms with Gasteiger partial charge in [0.2, 0.25) is 0 Å². The van der Waals surface area contributed by atoms with Crippen LogP contribution in [0.15, 0.2) is 41.0 Å². The number of aromatic nitrogens is 2. The molecule has 1 aromatic carbocycles. The Morgan fingerprint density at radius 1 is 1.35 bits per heavy atom. The van der Waals surface area contributed by atoms with Gasteiger partial charge in [-0.1, -0.05) is 18.2 Å². The Morgan fingerprint density at radius 3 is 2.85 bits per heavy atom. The molecular weight excluding hydrogens is 252 g/mol. The van der Waals surface area contributed by atoms with Crippen LogP contribution >= 0.6 is 0 Å². The van der Waals surface area contributed by atoms with Gasteiger partial charge >= 0.3 is 0 Å². The summed E-state index contributed by atoms with van der Waals surface area (Å²) in [6.45, 7) is 4.76. The Morgan fingerprint density at radius 2 is 2.15 bits per heavy atom. The van der Waals surface area contributed by atoms with Crippen LogP contribution in [-0.2, 0) is 13.0 Å². The maximum atomic E-state index is 10.3. The summed E-state index contributed by atoms with van der Waals surface area (Å²) in [7, 11) is 0. The fraction of sp³-hybridized carbons (Fsp3) is 0.312. The highest BCUT2D eigenvalue weighted by Gasteiger charge is 2.16. The van der Waals surface area contributed by atoms with Gasteiger partial charge in [0.05, 0.1) is 23.6 Å². The predicted octanol–water partition coefficient (Wildman–Crippen LogP) is 3.23. The van der Waals surface area contributed by atoms with Crippen molar-refractivity contribution >= 4 is 10.9 Å². The predicted molar refractivity (Wildman–Crippen MR) is 77.5 cm³/mol. The first kappa shape index (κ1) is 12.9. The Bertz CT molecular complexity index is 727. The summed E-state index contributed by atoms with van der Waals surface area (Å²) in [6.07, 6.45) is 1.52. The molecular formula is C16H18N2O2. The second-order valence-corrected chi connectivity index (χ2v) is 4.99. The fourth-order valence-corrected chi connectivity index (χ4v) is 2.53. The zero-order chi connectivity index (χ0) is 14.1. The smallest absolute Gasteiger partial charge is 0.101 e.